The predicted octanol–water partition coefficient (Wildman–Crippen LogP) is 1.57. The molecule has 0 N–H and O–H groups in total. The van der Waals surface area contributed by atoms with Gasteiger partial charge in [-0.05, 0) is 0 Å². The Kier molecular flexibility index (Phi) is 3.81. The number of rotatable bonds is 4. The molecule has 0 unspecified atom stereocenters. The van der Waals surface area contributed by atoms with Crippen LogP contribution in [0.25, 0.3) is 0 Å². The Morgan fingerprint density at radius 3 is 2.73 bits per heavy atom. The topological polar surface area (TPSA) is 25.8 Å². The molecule has 62 valence electrons. The minimum atomic E-state index is 0.345. The summed E-state index contributed by atoms with van der Waals surface area (Å²) in [5.74, 6) is 0. The van der Waals surface area contributed by atoms with Gasteiger partial charge in [0.15, 0.2) is 0 Å². The van der Waals surface area contributed by atoms with Crippen molar-refractivity contribution in [1.29, 1.82) is 0 Å². The van der Waals surface area contributed by atoms with Gasteiger partial charge in [0.05, 0.1) is 0 Å². The van der Waals surface area contributed by atoms with Crippen molar-refractivity contribution in [1.82, 2.24) is 9.19 Å². The SMILES string of the molecule is CCCCCc1[se]nnc1C. The monoisotopic (exact) mass is 218 g/mol. The van der Waals surface area contributed by atoms with Gasteiger partial charge in [-0.3, -0.25) is 0 Å². The Bertz CT molecular complexity index is 208. The van der Waals surface area contributed by atoms with E-state index in [4.69, 9.17) is 0 Å². The molecule has 1 heterocycles. The van der Waals surface area contributed by atoms with Crippen molar-refractivity contribution in [3.8, 4) is 0 Å². The average Bonchev–Trinajstić information content (AvgIpc) is 2.37. The first-order chi connectivity index (χ1) is 5.34. The molecule has 0 amide bonds. The van der Waals surface area contributed by atoms with Crippen LogP contribution in [0.15, 0.2) is 0 Å². The summed E-state index contributed by atoms with van der Waals surface area (Å²) in [7, 11) is 0. The van der Waals surface area contributed by atoms with Gasteiger partial charge in [-0.1, -0.05) is 0 Å². The van der Waals surface area contributed by atoms with Crippen LogP contribution in [0.4, 0.5) is 0 Å². The van der Waals surface area contributed by atoms with E-state index in [2.05, 4.69) is 23.0 Å². The van der Waals surface area contributed by atoms with Crippen LogP contribution < -0.4 is 0 Å². The molecule has 1 aromatic heterocycles. The molecule has 0 bridgehead atoms. The second-order valence-electron chi connectivity index (χ2n) is 2.74. The summed E-state index contributed by atoms with van der Waals surface area (Å²) >= 11 is 0.345. The number of nitrogens with zero attached hydrogens (tertiary/aromatic N) is 2. The summed E-state index contributed by atoms with van der Waals surface area (Å²) in [6.45, 7) is 4.30. The first-order valence-corrected chi connectivity index (χ1v) is 5.74. The van der Waals surface area contributed by atoms with E-state index in [1.807, 2.05) is 0 Å². The third kappa shape index (κ3) is 2.76. The number of aromatic nitrogens is 2. The number of hydrogen-bond acceptors (Lipinski definition) is 2. The zero-order valence-corrected chi connectivity index (χ0v) is 8.84. The Morgan fingerprint density at radius 2 is 2.18 bits per heavy atom. The van der Waals surface area contributed by atoms with Crippen molar-refractivity contribution in [2.75, 3.05) is 0 Å². The van der Waals surface area contributed by atoms with E-state index >= 15 is 0 Å². The average molecular weight is 217 g/mol. The third-order valence-corrected chi connectivity index (χ3v) is 3.61. The van der Waals surface area contributed by atoms with E-state index < -0.39 is 0 Å². The standard InChI is InChI=1S/C8H14N2Se/c1-3-4-5-6-8-7(2)9-10-11-8/h3-6H2,1-2H3. The molecule has 0 aliphatic carbocycles. The molecule has 0 aliphatic rings. The molecule has 0 saturated heterocycles. The van der Waals surface area contributed by atoms with Crippen LogP contribution >= 0.6 is 0 Å². The Balaban J connectivity index is 2.32. The fourth-order valence-electron chi connectivity index (χ4n) is 1.01. The molecule has 0 spiro atoms. The predicted molar refractivity (Wildman–Crippen MR) is 46.9 cm³/mol. The Hall–Kier alpha value is -0.141. The quantitative estimate of drug-likeness (QED) is 0.565. The van der Waals surface area contributed by atoms with Crippen LogP contribution in [0.5, 0.6) is 0 Å². The van der Waals surface area contributed by atoms with Crippen LogP contribution in [0, 0.1) is 6.92 Å². The molecule has 0 aromatic carbocycles. The Labute approximate surface area is 74.0 Å². The molecule has 1 aromatic rings. The third-order valence-electron chi connectivity index (χ3n) is 1.75. The van der Waals surface area contributed by atoms with Gasteiger partial charge in [-0.2, -0.15) is 0 Å². The fourth-order valence-corrected chi connectivity index (χ4v) is 2.42. The van der Waals surface area contributed by atoms with Crippen molar-refractivity contribution >= 4 is 14.7 Å². The second kappa shape index (κ2) is 4.68. The number of hydrogen-bond donors (Lipinski definition) is 0. The van der Waals surface area contributed by atoms with Gasteiger partial charge in [0.1, 0.15) is 0 Å². The van der Waals surface area contributed by atoms with Crippen molar-refractivity contribution in [3.63, 3.8) is 0 Å². The molecule has 3 heteroatoms. The summed E-state index contributed by atoms with van der Waals surface area (Å²) in [6.07, 6.45) is 5.18. The van der Waals surface area contributed by atoms with Gasteiger partial charge in [-0.25, -0.2) is 0 Å². The van der Waals surface area contributed by atoms with Crippen molar-refractivity contribution in [3.05, 3.63) is 10.1 Å². The minimum absolute atomic E-state index is 0.345. The van der Waals surface area contributed by atoms with Gasteiger partial charge in [0.25, 0.3) is 0 Å². The summed E-state index contributed by atoms with van der Waals surface area (Å²) in [5, 5.41) is 4.03. The van der Waals surface area contributed by atoms with Crippen LogP contribution in [0.1, 0.15) is 36.3 Å². The zero-order chi connectivity index (χ0) is 8.10. The van der Waals surface area contributed by atoms with Crippen LogP contribution in [-0.4, -0.2) is 23.9 Å². The van der Waals surface area contributed by atoms with E-state index in [-0.39, 0.29) is 0 Å². The number of aryl methyl sites for hydroxylation is 2. The molecular weight excluding hydrogens is 203 g/mol. The van der Waals surface area contributed by atoms with Crippen molar-refractivity contribution in [2.45, 2.75) is 39.5 Å². The molecule has 0 saturated carbocycles. The van der Waals surface area contributed by atoms with Crippen LogP contribution in [0.3, 0.4) is 0 Å². The normalized spacial score (nSPS) is 10.4. The molecular formula is C8H14N2Se. The molecule has 0 fully saturated rings. The Morgan fingerprint density at radius 1 is 1.36 bits per heavy atom. The van der Waals surface area contributed by atoms with Crippen molar-refractivity contribution in [2.24, 2.45) is 0 Å². The molecule has 0 radical (unpaired) electrons. The summed E-state index contributed by atoms with van der Waals surface area (Å²) in [6, 6.07) is 0. The van der Waals surface area contributed by atoms with Crippen LogP contribution in [-0.2, 0) is 6.42 Å². The second-order valence-corrected chi connectivity index (χ2v) is 4.50. The zero-order valence-electron chi connectivity index (χ0n) is 7.13. The molecule has 0 aliphatic heterocycles. The van der Waals surface area contributed by atoms with E-state index in [0.29, 0.717) is 14.7 Å². The van der Waals surface area contributed by atoms with E-state index in [9.17, 15) is 0 Å². The van der Waals surface area contributed by atoms with Crippen LogP contribution in [0.2, 0.25) is 0 Å². The van der Waals surface area contributed by atoms with E-state index in [1.54, 1.807) is 0 Å². The van der Waals surface area contributed by atoms with Gasteiger partial charge >= 0.3 is 73.6 Å². The van der Waals surface area contributed by atoms with Gasteiger partial charge in [0, 0.05) is 0 Å². The first kappa shape index (κ1) is 8.95. The molecule has 11 heavy (non-hydrogen) atoms. The molecule has 1 rings (SSSR count). The maximum atomic E-state index is 4.04. The molecule has 2 nitrogen and oxygen atoms in total. The summed E-state index contributed by atoms with van der Waals surface area (Å²) in [5.41, 5.74) is 1.18. The van der Waals surface area contributed by atoms with Crippen molar-refractivity contribution < 1.29 is 0 Å². The fraction of sp³-hybridized carbons (Fsp3) is 0.750. The first-order valence-electron chi connectivity index (χ1n) is 4.12. The van der Waals surface area contributed by atoms with Gasteiger partial charge in [0.2, 0.25) is 0 Å². The number of unbranched alkanes of at least 4 members (excludes halogenated alkanes) is 2. The van der Waals surface area contributed by atoms with E-state index in [0.717, 1.165) is 0 Å². The summed E-state index contributed by atoms with van der Waals surface area (Å²) in [4.78, 5) is 0. The summed E-state index contributed by atoms with van der Waals surface area (Å²) < 4.78 is 5.54. The van der Waals surface area contributed by atoms with Gasteiger partial charge in [-0.15, -0.1) is 0 Å². The van der Waals surface area contributed by atoms with E-state index in [1.165, 1.54) is 35.8 Å². The van der Waals surface area contributed by atoms with Gasteiger partial charge < -0.3 is 0 Å². The molecule has 0 atom stereocenters. The maximum absolute atomic E-state index is 4.04.